The molecule has 0 saturated heterocycles. The summed E-state index contributed by atoms with van der Waals surface area (Å²) in [7, 11) is -4.02. The van der Waals surface area contributed by atoms with E-state index in [4.69, 9.17) is 5.14 Å². The van der Waals surface area contributed by atoms with Gasteiger partial charge in [-0.1, -0.05) is 0 Å². The van der Waals surface area contributed by atoms with Gasteiger partial charge in [0.25, 0.3) is 0 Å². The summed E-state index contributed by atoms with van der Waals surface area (Å²) in [6.07, 6.45) is 2.60. The fourth-order valence-corrected chi connectivity index (χ4v) is 2.29. The molecule has 0 radical (unpaired) electrons. The average Bonchev–Trinajstić information content (AvgIpc) is 2.87. The minimum absolute atomic E-state index is 0.0570. The predicted octanol–water partition coefficient (Wildman–Crippen LogP) is 1.28. The number of aromatic nitrogens is 3. The number of nitrogens with zero attached hydrogens (tertiary/aromatic N) is 3. The number of halogens is 2. The molecule has 0 bridgehead atoms. The normalized spacial score (nSPS) is 13.1. The summed E-state index contributed by atoms with van der Waals surface area (Å²) in [5.41, 5.74) is 0.0268. The predicted molar refractivity (Wildman–Crippen MR) is 72.1 cm³/mol. The van der Waals surface area contributed by atoms with E-state index in [0.717, 1.165) is 12.1 Å². The number of primary sulfonamides is 1. The Labute approximate surface area is 120 Å². The van der Waals surface area contributed by atoms with Crippen molar-refractivity contribution < 1.29 is 17.2 Å². The van der Waals surface area contributed by atoms with Crippen molar-refractivity contribution in [1.82, 2.24) is 14.8 Å². The molecule has 1 aromatic heterocycles. The van der Waals surface area contributed by atoms with Crippen LogP contribution in [-0.4, -0.2) is 23.2 Å². The molecule has 21 heavy (non-hydrogen) atoms. The molecule has 2 rings (SSSR count). The van der Waals surface area contributed by atoms with Crippen LogP contribution in [-0.2, 0) is 16.6 Å². The maximum absolute atomic E-state index is 13.9. The highest BCUT2D eigenvalue weighted by molar-refractivity contribution is 7.93. The smallest absolute Gasteiger partial charge is 0.234 e. The van der Waals surface area contributed by atoms with E-state index < -0.39 is 21.7 Å². The van der Waals surface area contributed by atoms with Crippen molar-refractivity contribution >= 4 is 15.6 Å². The summed E-state index contributed by atoms with van der Waals surface area (Å²) < 4.78 is 51.3. The van der Waals surface area contributed by atoms with Crippen molar-refractivity contribution in [3.05, 3.63) is 53.0 Å². The van der Waals surface area contributed by atoms with Crippen LogP contribution >= 0.6 is 0 Å². The maximum atomic E-state index is 13.9. The molecule has 0 unspecified atom stereocenters. The molecule has 0 aliphatic carbocycles. The zero-order valence-corrected chi connectivity index (χ0v) is 11.8. The molecule has 0 spiro atoms. The summed E-state index contributed by atoms with van der Waals surface area (Å²) in [5, 5.41) is 8.93. The van der Waals surface area contributed by atoms with E-state index in [1.807, 2.05) is 0 Å². The van der Waals surface area contributed by atoms with Crippen LogP contribution < -0.4 is 5.14 Å². The van der Waals surface area contributed by atoms with Crippen LogP contribution in [0.5, 0.6) is 0 Å². The lowest BCUT2D eigenvalue weighted by Gasteiger charge is -2.12. The number of nitrogens with two attached hydrogens (primary N) is 1. The van der Waals surface area contributed by atoms with Crippen molar-refractivity contribution in [3.63, 3.8) is 0 Å². The Bertz CT molecular complexity index is 786. The summed E-state index contributed by atoms with van der Waals surface area (Å²) in [6.45, 7) is 1.19. The quantitative estimate of drug-likeness (QED) is 0.920. The van der Waals surface area contributed by atoms with Crippen LogP contribution in [0.1, 0.15) is 12.5 Å². The van der Waals surface area contributed by atoms with Gasteiger partial charge in [0.1, 0.15) is 24.3 Å². The van der Waals surface area contributed by atoms with Crippen LogP contribution in [0.25, 0.3) is 5.57 Å². The largest absolute Gasteiger partial charge is 0.248 e. The Balaban J connectivity index is 2.61. The van der Waals surface area contributed by atoms with Gasteiger partial charge in [0.2, 0.25) is 10.0 Å². The van der Waals surface area contributed by atoms with Crippen LogP contribution in [0.2, 0.25) is 0 Å². The second kappa shape index (κ2) is 5.70. The lowest BCUT2D eigenvalue weighted by molar-refractivity contribution is 0.579. The number of hydrogen-bond acceptors (Lipinski definition) is 4. The molecule has 0 fully saturated rings. The number of sulfonamides is 1. The minimum Gasteiger partial charge on any atom is -0.248 e. The van der Waals surface area contributed by atoms with E-state index in [1.54, 1.807) is 0 Å². The highest BCUT2D eigenvalue weighted by Gasteiger charge is 2.19. The molecule has 2 N–H and O–H groups in total. The summed E-state index contributed by atoms with van der Waals surface area (Å²) in [5.74, 6) is -1.64. The Morgan fingerprint density at radius 2 is 2.10 bits per heavy atom. The van der Waals surface area contributed by atoms with Crippen LogP contribution in [0, 0.1) is 11.6 Å². The van der Waals surface area contributed by atoms with E-state index in [9.17, 15) is 17.2 Å². The van der Waals surface area contributed by atoms with Gasteiger partial charge in [0.15, 0.2) is 0 Å². The molecule has 9 heteroatoms. The first kappa shape index (κ1) is 15.3. The van der Waals surface area contributed by atoms with Gasteiger partial charge in [-0.05, 0) is 24.6 Å². The van der Waals surface area contributed by atoms with Gasteiger partial charge in [-0.2, -0.15) is 5.10 Å². The second-order valence-electron chi connectivity index (χ2n) is 4.30. The molecule has 2 aromatic rings. The van der Waals surface area contributed by atoms with Crippen molar-refractivity contribution in [2.75, 3.05) is 0 Å². The van der Waals surface area contributed by atoms with Crippen molar-refractivity contribution in [2.24, 2.45) is 5.14 Å². The zero-order chi connectivity index (χ0) is 15.6. The zero-order valence-electron chi connectivity index (χ0n) is 11.0. The molecule has 0 aliphatic heterocycles. The second-order valence-corrected chi connectivity index (χ2v) is 6.00. The van der Waals surface area contributed by atoms with E-state index in [1.165, 1.54) is 24.3 Å². The topological polar surface area (TPSA) is 90.9 Å². The number of allylic oxidation sites excluding steroid dienone is 2. The van der Waals surface area contributed by atoms with E-state index in [0.29, 0.717) is 6.07 Å². The summed E-state index contributed by atoms with van der Waals surface area (Å²) >= 11 is 0. The Morgan fingerprint density at radius 1 is 1.38 bits per heavy atom. The highest BCUT2D eigenvalue weighted by atomic mass is 32.2. The molecule has 1 heterocycles. The number of rotatable bonds is 4. The molecule has 1 aromatic carbocycles. The van der Waals surface area contributed by atoms with Crippen LogP contribution in [0.15, 0.2) is 35.8 Å². The third-order valence-corrected chi connectivity index (χ3v) is 3.99. The summed E-state index contributed by atoms with van der Waals surface area (Å²) in [6, 6.07) is 2.87. The minimum atomic E-state index is -4.02. The molecule has 6 nitrogen and oxygen atoms in total. The van der Waals surface area contributed by atoms with Crippen molar-refractivity contribution in [3.8, 4) is 0 Å². The lowest BCUT2D eigenvalue weighted by atomic mass is 10.0. The van der Waals surface area contributed by atoms with Crippen LogP contribution in [0.4, 0.5) is 8.78 Å². The monoisotopic (exact) mass is 314 g/mol. The summed E-state index contributed by atoms with van der Waals surface area (Å²) in [4.78, 5) is 3.50. The molecular formula is C12H12F2N4O2S. The fraction of sp³-hybridized carbons (Fsp3) is 0.167. The van der Waals surface area contributed by atoms with E-state index >= 15 is 0 Å². The van der Waals surface area contributed by atoms with E-state index in [-0.39, 0.29) is 22.6 Å². The first-order valence-electron chi connectivity index (χ1n) is 5.79. The van der Waals surface area contributed by atoms with Gasteiger partial charge in [-0.15, -0.1) is 0 Å². The molecule has 0 aliphatic rings. The molecule has 112 valence electrons. The Hall–Kier alpha value is -2.13. The third-order valence-electron chi connectivity index (χ3n) is 2.89. The SMILES string of the molecule is C/C(=C(/Cn1cncn1)c1ccc(F)cc1F)S(N)(=O)=O. The van der Waals surface area contributed by atoms with Gasteiger partial charge in [-0.3, -0.25) is 0 Å². The third kappa shape index (κ3) is 3.50. The van der Waals surface area contributed by atoms with Gasteiger partial charge in [-0.25, -0.2) is 32.0 Å². The van der Waals surface area contributed by atoms with Gasteiger partial charge in [0, 0.05) is 11.6 Å². The van der Waals surface area contributed by atoms with Gasteiger partial charge >= 0.3 is 0 Å². The number of hydrogen-bond donors (Lipinski definition) is 1. The Kier molecular flexibility index (Phi) is 4.14. The van der Waals surface area contributed by atoms with Gasteiger partial charge in [0.05, 0.1) is 11.4 Å². The standard InChI is InChI=1S/C12H12F2N4O2S/c1-8(21(15,19)20)11(5-18-7-16-6-17-18)10-3-2-9(13)4-12(10)14/h2-4,6-7H,5H2,1H3,(H2,15,19,20)/b11-8+. The van der Waals surface area contributed by atoms with Crippen molar-refractivity contribution in [2.45, 2.75) is 13.5 Å². The average molecular weight is 314 g/mol. The highest BCUT2D eigenvalue weighted by Crippen LogP contribution is 2.25. The fourth-order valence-electron chi connectivity index (χ4n) is 1.77. The van der Waals surface area contributed by atoms with Crippen molar-refractivity contribution in [1.29, 1.82) is 0 Å². The Morgan fingerprint density at radius 3 is 2.62 bits per heavy atom. The molecule has 0 amide bonds. The number of benzene rings is 1. The van der Waals surface area contributed by atoms with Gasteiger partial charge < -0.3 is 0 Å². The first-order valence-corrected chi connectivity index (χ1v) is 7.34. The molecule has 0 saturated carbocycles. The molecule has 0 atom stereocenters. The van der Waals surface area contributed by atoms with E-state index in [2.05, 4.69) is 10.1 Å². The first-order chi connectivity index (χ1) is 9.79. The maximum Gasteiger partial charge on any atom is 0.234 e. The lowest BCUT2D eigenvalue weighted by Crippen LogP contribution is -2.16. The van der Waals surface area contributed by atoms with Crippen LogP contribution in [0.3, 0.4) is 0 Å². The molecular weight excluding hydrogens is 302 g/mol.